The number of carbonyl (C=O) groups is 2. The molecular weight excluding hydrogens is 612 g/mol. The van der Waals surface area contributed by atoms with Crippen LogP contribution in [0.15, 0.2) is 36.4 Å². The Morgan fingerprint density at radius 1 is 1.00 bits per heavy atom. The van der Waals surface area contributed by atoms with Crippen LogP contribution in [-0.4, -0.2) is 91.3 Å². The summed E-state index contributed by atoms with van der Waals surface area (Å²) < 4.78 is 23.9. The highest BCUT2D eigenvalue weighted by molar-refractivity contribution is 5.99. The molecule has 3 aliphatic rings. The summed E-state index contributed by atoms with van der Waals surface area (Å²) in [6.45, 7) is 8.34. The van der Waals surface area contributed by atoms with E-state index >= 15 is 0 Å². The van der Waals surface area contributed by atoms with Gasteiger partial charge in [-0.3, -0.25) is 9.69 Å². The number of ether oxygens (including phenoxy) is 4. The van der Waals surface area contributed by atoms with E-state index in [2.05, 4.69) is 35.6 Å². The molecule has 11 nitrogen and oxygen atoms in total. The highest BCUT2D eigenvalue weighted by atomic mass is 16.7. The topological polar surface area (TPSA) is 122 Å². The van der Waals surface area contributed by atoms with Crippen LogP contribution in [0.1, 0.15) is 88.1 Å². The van der Waals surface area contributed by atoms with Crippen LogP contribution < -0.4 is 24.8 Å². The van der Waals surface area contributed by atoms with Crippen molar-refractivity contribution in [1.82, 2.24) is 15.1 Å². The molecule has 2 aliphatic heterocycles. The number of anilines is 1. The molecule has 3 amide bonds. The minimum absolute atomic E-state index is 0.0454. The van der Waals surface area contributed by atoms with Gasteiger partial charge in [-0.2, -0.15) is 0 Å². The molecule has 1 aliphatic carbocycles. The lowest BCUT2D eigenvalue weighted by atomic mass is 9.96. The van der Waals surface area contributed by atoms with Gasteiger partial charge in [-0.05, 0) is 88.9 Å². The fourth-order valence-corrected chi connectivity index (χ4v) is 6.79. The number of aliphatic hydroxyl groups excluding tert-OH is 1. The van der Waals surface area contributed by atoms with Gasteiger partial charge in [0.15, 0.2) is 11.5 Å². The van der Waals surface area contributed by atoms with Gasteiger partial charge in [-0.25, -0.2) is 4.79 Å². The monoisotopic (exact) mass is 666 g/mol. The molecule has 48 heavy (non-hydrogen) atoms. The van der Waals surface area contributed by atoms with Crippen molar-refractivity contribution in [2.24, 2.45) is 5.92 Å². The maximum atomic E-state index is 14.4. The number of rotatable bonds is 8. The number of likely N-dealkylation sites (N-methyl/N-ethyl adjacent to an activating group) is 1. The van der Waals surface area contributed by atoms with Crippen molar-refractivity contribution >= 4 is 17.6 Å². The number of amides is 3. The molecule has 0 spiro atoms. The Morgan fingerprint density at radius 3 is 2.54 bits per heavy atom. The number of hydrogen-bond donors (Lipinski definition) is 3. The first-order valence-corrected chi connectivity index (χ1v) is 17.7. The minimum atomic E-state index is -0.448. The Morgan fingerprint density at radius 2 is 1.75 bits per heavy atom. The van der Waals surface area contributed by atoms with Crippen LogP contribution in [0, 0.1) is 5.92 Å². The summed E-state index contributed by atoms with van der Waals surface area (Å²) in [6, 6.07) is 10.7. The Balaban J connectivity index is 1.34. The van der Waals surface area contributed by atoms with Crippen LogP contribution in [-0.2, 0) is 11.3 Å². The number of fused-ring (bicyclic) bond motifs is 2. The Labute approximate surface area is 285 Å². The standard InChI is InChI=1S/C37H54N4O7/c1-25-20-41(26(2)23-42)36(43)31-19-30(39-37(44)38-29-11-6-5-7-12-29)14-16-32(31)48-27(3)10-8-9-17-45-35(25)22-40(4)21-28-13-15-33-34(18-28)47-24-46-33/h13-16,18-19,25-27,29,35,42H,5-12,17,20-24H2,1-4H3,(H2,38,39,44)/t25-,26+,27+,35+/m0/s1. The van der Waals surface area contributed by atoms with Gasteiger partial charge in [0, 0.05) is 43.9 Å². The zero-order chi connectivity index (χ0) is 34.0. The van der Waals surface area contributed by atoms with Gasteiger partial charge in [0.1, 0.15) is 5.75 Å². The lowest BCUT2D eigenvalue weighted by Crippen LogP contribution is -2.47. The van der Waals surface area contributed by atoms with E-state index in [1.807, 2.05) is 26.0 Å². The third kappa shape index (κ3) is 9.76. The Kier molecular flexibility index (Phi) is 12.8. The molecule has 3 N–H and O–H groups in total. The van der Waals surface area contributed by atoms with E-state index in [0.717, 1.165) is 62.0 Å². The predicted octanol–water partition coefficient (Wildman–Crippen LogP) is 5.80. The maximum Gasteiger partial charge on any atom is 0.319 e. The zero-order valence-electron chi connectivity index (χ0n) is 29.0. The molecule has 0 unspecified atom stereocenters. The average molecular weight is 667 g/mol. The van der Waals surface area contributed by atoms with Crippen molar-refractivity contribution in [2.45, 2.75) is 103 Å². The number of nitrogens with zero attached hydrogens (tertiary/aromatic N) is 2. The van der Waals surface area contributed by atoms with Crippen LogP contribution in [0.2, 0.25) is 0 Å². The third-order valence-electron chi connectivity index (χ3n) is 9.63. The summed E-state index contributed by atoms with van der Waals surface area (Å²) in [5, 5.41) is 16.3. The molecule has 1 fully saturated rings. The molecule has 2 aromatic carbocycles. The molecule has 0 bridgehead atoms. The largest absolute Gasteiger partial charge is 0.490 e. The fourth-order valence-electron chi connectivity index (χ4n) is 6.79. The molecule has 2 aromatic rings. The summed E-state index contributed by atoms with van der Waals surface area (Å²) >= 11 is 0. The maximum absolute atomic E-state index is 14.4. The van der Waals surface area contributed by atoms with Gasteiger partial charge < -0.3 is 39.6 Å². The van der Waals surface area contributed by atoms with E-state index in [9.17, 15) is 14.7 Å². The van der Waals surface area contributed by atoms with E-state index in [-0.39, 0.29) is 49.5 Å². The average Bonchev–Trinajstić information content (AvgIpc) is 3.54. The number of benzene rings is 2. The Hall–Kier alpha value is -3.54. The lowest BCUT2D eigenvalue weighted by Gasteiger charge is -2.36. The fraction of sp³-hybridized carbons (Fsp3) is 0.622. The quantitative estimate of drug-likeness (QED) is 0.324. The van der Waals surface area contributed by atoms with Gasteiger partial charge in [-0.1, -0.05) is 32.3 Å². The van der Waals surface area contributed by atoms with Gasteiger partial charge in [0.05, 0.1) is 30.4 Å². The van der Waals surface area contributed by atoms with Gasteiger partial charge in [-0.15, -0.1) is 0 Å². The van der Waals surface area contributed by atoms with Crippen molar-refractivity contribution in [3.63, 3.8) is 0 Å². The summed E-state index contributed by atoms with van der Waals surface area (Å²) in [7, 11) is 2.07. The first-order chi connectivity index (χ1) is 23.2. The van der Waals surface area contributed by atoms with Gasteiger partial charge >= 0.3 is 6.03 Å². The van der Waals surface area contributed by atoms with Gasteiger partial charge in [0.2, 0.25) is 6.79 Å². The molecule has 2 heterocycles. The van der Waals surface area contributed by atoms with E-state index in [0.29, 0.717) is 43.2 Å². The van der Waals surface area contributed by atoms with Crippen molar-refractivity contribution in [1.29, 1.82) is 0 Å². The molecule has 11 heteroatoms. The van der Waals surface area contributed by atoms with Crippen molar-refractivity contribution in [3.8, 4) is 17.2 Å². The van der Waals surface area contributed by atoms with E-state index in [1.165, 1.54) is 6.42 Å². The normalized spacial score (nSPS) is 23.2. The second-order valence-corrected chi connectivity index (χ2v) is 13.8. The first-order valence-electron chi connectivity index (χ1n) is 17.7. The van der Waals surface area contributed by atoms with E-state index in [4.69, 9.17) is 18.9 Å². The van der Waals surface area contributed by atoms with Crippen LogP contribution in [0.3, 0.4) is 0 Å². The smallest absolute Gasteiger partial charge is 0.319 e. The van der Waals surface area contributed by atoms with Crippen molar-refractivity contribution < 1.29 is 33.6 Å². The summed E-state index contributed by atoms with van der Waals surface area (Å²) in [5.41, 5.74) is 1.99. The van der Waals surface area contributed by atoms with Crippen LogP contribution in [0.5, 0.6) is 17.2 Å². The number of nitrogens with one attached hydrogen (secondary N) is 2. The zero-order valence-corrected chi connectivity index (χ0v) is 29.0. The summed E-state index contributed by atoms with van der Waals surface area (Å²) in [4.78, 5) is 31.2. The number of urea groups is 1. The van der Waals surface area contributed by atoms with Crippen molar-refractivity contribution in [2.75, 3.05) is 45.5 Å². The second kappa shape index (κ2) is 17.2. The molecule has 264 valence electrons. The summed E-state index contributed by atoms with van der Waals surface area (Å²) in [6.07, 6.45) is 7.74. The van der Waals surface area contributed by atoms with E-state index < -0.39 is 6.04 Å². The molecule has 0 aromatic heterocycles. The SMILES string of the molecule is C[C@@H]1CCCCO[C@H](CN(C)Cc2ccc3c(c2)OCO3)[C@@H](C)CN([C@H](C)CO)C(=O)c2cc(NC(=O)NC3CCCCC3)ccc2O1. The second-order valence-electron chi connectivity index (χ2n) is 13.8. The Bertz CT molecular complexity index is 1370. The number of carbonyl (C=O) groups excluding carboxylic acids is 2. The molecule has 1 saturated carbocycles. The number of hydrogen-bond acceptors (Lipinski definition) is 8. The molecule has 0 saturated heterocycles. The predicted molar refractivity (Wildman–Crippen MR) is 185 cm³/mol. The molecule has 0 radical (unpaired) electrons. The van der Waals surface area contributed by atoms with Crippen LogP contribution in [0.25, 0.3) is 0 Å². The molecular formula is C37H54N4O7. The third-order valence-corrected chi connectivity index (χ3v) is 9.63. The first kappa shape index (κ1) is 35.8. The number of aliphatic hydroxyl groups is 1. The summed E-state index contributed by atoms with van der Waals surface area (Å²) in [5.74, 6) is 1.70. The highest BCUT2D eigenvalue weighted by Gasteiger charge is 2.31. The molecule has 4 atom stereocenters. The van der Waals surface area contributed by atoms with Crippen LogP contribution in [0.4, 0.5) is 10.5 Å². The minimum Gasteiger partial charge on any atom is -0.490 e. The van der Waals surface area contributed by atoms with Crippen LogP contribution >= 0.6 is 0 Å². The van der Waals surface area contributed by atoms with Gasteiger partial charge in [0.25, 0.3) is 5.91 Å². The van der Waals surface area contributed by atoms with Crippen molar-refractivity contribution in [3.05, 3.63) is 47.5 Å². The van der Waals surface area contributed by atoms with E-state index in [1.54, 1.807) is 23.1 Å². The highest BCUT2D eigenvalue weighted by Crippen LogP contribution is 2.33. The molecule has 5 rings (SSSR count). The lowest BCUT2D eigenvalue weighted by molar-refractivity contribution is -0.0177.